The number of carbonyl (C=O) groups is 2. The second-order valence-corrected chi connectivity index (χ2v) is 20.0. The zero-order chi connectivity index (χ0) is 47.2. The molecular weight excluding hydrogens is 803 g/mol. The third-order valence-electron chi connectivity index (χ3n) is 13.5. The number of rotatable bonds is 54. The Morgan fingerprint density at radius 1 is 0.415 bits per heavy atom. The normalized spacial score (nSPS) is 12.7. The summed E-state index contributed by atoms with van der Waals surface area (Å²) in [6.07, 6.45) is 66.5. The van der Waals surface area contributed by atoms with Crippen LogP contribution in [0.3, 0.4) is 0 Å². The zero-order valence-corrected chi connectivity index (χ0v) is 43.7. The summed E-state index contributed by atoms with van der Waals surface area (Å²) in [4.78, 5) is 24.4. The first kappa shape index (κ1) is 63.3. The lowest BCUT2D eigenvalue weighted by Gasteiger charge is -2.20. The number of allylic oxidation sites excluding steroid dienone is 3. The molecule has 0 aromatic heterocycles. The van der Waals surface area contributed by atoms with Crippen molar-refractivity contribution in [2.75, 3.05) is 13.2 Å². The average Bonchev–Trinajstić information content (AvgIpc) is 3.31. The number of aliphatic hydroxyl groups is 2. The first-order valence-electron chi connectivity index (χ1n) is 29.1. The van der Waals surface area contributed by atoms with Gasteiger partial charge in [0.15, 0.2) is 0 Å². The van der Waals surface area contributed by atoms with Gasteiger partial charge in [0.05, 0.1) is 25.4 Å². The molecule has 0 radical (unpaired) electrons. The molecule has 2 unspecified atom stereocenters. The van der Waals surface area contributed by atoms with E-state index in [9.17, 15) is 19.8 Å². The van der Waals surface area contributed by atoms with Gasteiger partial charge in [0.25, 0.3) is 0 Å². The highest BCUT2D eigenvalue weighted by Gasteiger charge is 2.18. The van der Waals surface area contributed by atoms with E-state index in [4.69, 9.17) is 4.74 Å². The number of amides is 1. The summed E-state index contributed by atoms with van der Waals surface area (Å²) in [5.74, 6) is -0.0558. The highest BCUT2D eigenvalue weighted by molar-refractivity contribution is 5.76. The van der Waals surface area contributed by atoms with E-state index in [1.807, 2.05) is 6.08 Å². The van der Waals surface area contributed by atoms with Gasteiger partial charge in [-0.25, -0.2) is 0 Å². The minimum absolute atomic E-state index is 0.0152. The van der Waals surface area contributed by atoms with Crippen LogP contribution in [-0.2, 0) is 14.3 Å². The zero-order valence-electron chi connectivity index (χ0n) is 43.7. The van der Waals surface area contributed by atoms with Crippen LogP contribution < -0.4 is 5.32 Å². The number of hydrogen-bond donors (Lipinski definition) is 3. The molecule has 0 fully saturated rings. The smallest absolute Gasteiger partial charge is 0.305 e. The van der Waals surface area contributed by atoms with Crippen molar-refractivity contribution in [3.8, 4) is 0 Å². The molecule has 2 atom stereocenters. The number of carbonyl (C=O) groups excluding carboxylic acids is 2. The lowest BCUT2D eigenvalue weighted by Crippen LogP contribution is -2.45. The second-order valence-electron chi connectivity index (χ2n) is 20.0. The number of unbranched alkanes of at least 4 members (excludes halogenated alkanes) is 41. The van der Waals surface area contributed by atoms with E-state index in [0.717, 1.165) is 38.5 Å². The molecule has 0 aromatic rings. The van der Waals surface area contributed by atoms with Crippen LogP contribution in [0.1, 0.15) is 316 Å². The van der Waals surface area contributed by atoms with Crippen molar-refractivity contribution >= 4 is 11.9 Å². The molecule has 384 valence electrons. The van der Waals surface area contributed by atoms with E-state index in [1.165, 1.54) is 250 Å². The molecule has 3 N–H and O–H groups in total. The molecule has 0 aromatic carbocycles. The quantitative estimate of drug-likeness (QED) is 0.0321. The number of ether oxygens (including phenoxy) is 1. The van der Waals surface area contributed by atoms with Gasteiger partial charge >= 0.3 is 5.97 Å². The SMILES string of the molecule is CCCCCCCCC/C=C/C(O)C(CO)NC(=O)CCCCCCCCCCCCC/C=C\CCCCCCCCCCCCCCOC(=O)CCCCCCCCCCCCCC. The summed E-state index contributed by atoms with van der Waals surface area (Å²) < 4.78 is 5.47. The number of esters is 1. The Balaban J connectivity index is 3.36. The van der Waals surface area contributed by atoms with Crippen LogP contribution in [0.5, 0.6) is 0 Å². The van der Waals surface area contributed by atoms with Crippen molar-refractivity contribution in [1.82, 2.24) is 5.32 Å². The number of aliphatic hydroxyl groups excluding tert-OH is 2. The third kappa shape index (κ3) is 51.6. The molecule has 65 heavy (non-hydrogen) atoms. The summed E-state index contributed by atoms with van der Waals surface area (Å²) >= 11 is 0. The van der Waals surface area contributed by atoms with Crippen LogP contribution in [0.25, 0.3) is 0 Å². The minimum atomic E-state index is -0.842. The predicted octanol–water partition coefficient (Wildman–Crippen LogP) is 17.9. The molecular formula is C59H113NO5. The Kier molecular flexibility index (Phi) is 53.5. The molecule has 0 heterocycles. The fraction of sp³-hybridized carbons (Fsp3) is 0.898. The second kappa shape index (κ2) is 54.9. The van der Waals surface area contributed by atoms with Crippen LogP contribution in [0, 0.1) is 0 Å². The maximum Gasteiger partial charge on any atom is 0.305 e. The van der Waals surface area contributed by atoms with Crippen LogP contribution in [0.15, 0.2) is 24.3 Å². The standard InChI is InChI=1S/C59H113NO5/c1-3-5-7-9-11-13-14-33-37-41-45-49-53-59(64)65-54-50-46-42-38-34-31-29-27-25-23-21-19-17-15-16-18-20-22-24-26-28-30-32-36-40-44-48-52-58(63)60-56(55-61)57(62)51-47-43-39-35-12-10-8-6-4-2/h15-16,47,51,56-57,61-62H,3-14,17-46,48-50,52-55H2,1-2H3,(H,60,63)/b16-15-,51-47+. The highest BCUT2D eigenvalue weighted by Crippen LogP contribution is 2.17. The van der Waals surface area contributed by atoms with Crippen molar-refractivity contribution in [2.24, 2.45) is 0 Å². The molecule has 0 spiro atoms. The van der Waals surface area contributed by atoms with Gasteiger partial charge in [0, 0.05) is 12.8 Å². The highest BCUT2D eigenvalue weighted by atomic mass is 16.5. The maximum absolute atomic E-state index is 12.4. The van der Waals surface area contributed by atoms with Gasteiger partial charge in [-0.15, -0.1) is 0 Å². The molecule has 6 heteroatoms. The molecule has 0 saturated heterocycles. The maximum atomic E-state index is 12.4. The van der Waals surface area contributed by atoms with Crippen molar-refractivity contribution < 1.29 is 24.5 Å². The first-order chi connectivity index (χ1) is 32.0. The van der Waals surface area contributed by atoms with Gasteiger partial charge in [0.1, 0.15) is 0 Å². The first-order valence-corrected chi connectivity index (χ1v) is 29.1. The van der Waals surface area contributed by atoms with E-state index in [-0.39, 0.29) is 18.5 Å². The molecule has 0 aliphatic carbocycles. The molecule has 0 aliphatic rings. The van der Waals surface area contributed by atoms with Gasteiger partial charge in [-0.1, -0.05) is 269 Å². The Hall–Kier alpha value is -1.66. The third-order valence-corrected chi connectivity index (χ3v) is 13.5. The molecule has 0 rings (SSSR count). The summed E-state index contributed by atoms with van der Waals surface area (Å²) in [5, 5.41) is 22.9. The Bertz CT molecular complexity index is 1010. The Labute approximate surface area is 405 Å². The fourth-order valence-corrected chi connectivity index (χ4v) is 8.98. The van der Waals surface area contributed by atoms with Crippen molar-refractivity contribution in [1.29, 1.82) is 0 Å². The average molecular weight is 917 g/mol. The van der Waals surface area contributed by atoms with Crippen molar-refractivity contribution in [2.45, 2.75) is 328 Å². The monoisotopic (exact) mass is 916 g/mol. The van der Waals surface area contributed by atoms with E-state index in [0.29, 0.717) is 19.4 Å². The van der Waals surface area contributed by atoms with Gasteiger partial charge in [0.2, 0.25) is 5.91 Å². The Morgan fingerprint density at radius 2 is 0.723 bits per heavy atom. The van der Waals surface area contributed by atoms with Crippen molar-refractivity contribution in [3.05, 3.63) is 24.3 Å². The fourth-order valence-electron chi connectivity index (χ4n) is 8.98. The molecule has 6 nitrogen and oxygen atoms in total. The summed E-state index contributed by atoms with van der Waals surface area (Å²) in [6, 6.07) is -0.625. The van der Waals surface area contributed by atoms with Gasteiger partial charge < -0.3 is 20.3 Å². The van der Waals surface area contributed by atoms with Crippen LogP contribution >= 0.6 is 0 Å². The van der Waals surface area contributed by atoms with E-state index < -0.39 is 12.1 Å². The lowest BCUT2D eigenvalue weighted by atomic mass is 10.0. The van der Waals surface area contributed by atoms with Gasteiger partial charge in [-0.05, 0) is 57.8 Å². The summed E-state index contributed by atoms with van der Waals surface area (Å²) in [6.45, 7) is 4.88. The predicted molar refractivity (Wildman–Crippen MR) is 283 cm³/mol. The topological polar surface area (TPSA) is 95.9 Å². The number of hydrogen-bond acceptors (Lipinski definition) is 5. The summed E-state index contributed by atoms with van der Waals surface area (Å²) in [7, 11) is 0. The number of nitrogens with one attached hydrogen (secondary N) is 1. The molecule has 0 saturated carbocycles. The van der Waals surface area contributed by atoms with E-state index in [1.54, 1.807) is 6.08 Å². The van der Waals surface area contributed by atoms with E-state index in [2.05, 4.69) is 31.3 Å². The van der Waals surface area contributed by atoms with Gasteiger partial charge in [-0.2, -0.15) is 0 Å². The molecule has 1 amide bonds. The van der Waals surface area contributed by atoms with E-state index >= 15 is 0 Å². The van der Waals surface area contributed by atoms with Crippen LogP contribution in [0.2, 0.25) is 0 Å². The molecule has 0 aliphatic heterocycles. The lowest BCUT2D eigenvalue weighted by molar-refractivity contribution is -0.143. The van der Waals surface area contributed by atoms with Crippen molar-refractivity contribution in [3.63, 3.8) is 0 Å². The summed E-state index contributed by atoms with van der Waals surface area (Å²) in [5.41, 5.74) is 0. The van der Waals surface area contributed by atoms with Gasteiger partial charge in [-0.3, -0.25) is 9.59 Å². The van der Waals surface area contributed by atoms with Crippen LogP contribution in [0.4, 0.5) is 0 Å². The largest absolute Gasteiger partial charge is 0.466 e. The molecule has 0 bridgehead atoms. The minimum Gasteiger partial charge on any atom is -0.466 e. The Morgan fingerprint density at radius 3 is 1.09 bits per heavy atom. The van der Waals surface area contributed by atoms with Crippen LogP contribution in [-0.4, -0.2) is 47.4 Å².